The van der Waals surface area contributed by atoms with Gasteiger partial charge in [0.15, 0.2) is 23.5 Å². The van der Waals surface area contributed by atoms with Crippen molar-refractivity contribution in [2.75, 3.05) is 4.72 Å². The molecule has 0 spiro atoms. The standard InChI is InChI=1S/C22H20F4N4O4S/c23-18-11-22(26,21(25)17(20(18)24)7-8-19(31)32)13-3-1-5-15(9-13)30-35(33,34)16-6-2-4-14(10-16)28-12-29-27/h1-6,9-12,21,30H,7-8,27H2,(H,28,29)(H,31,32). The molecule has 0 amide bonds. The van der Waals surface area contributed by atoms with Gasteiger partial charge in [-0.05, 0) is 48.4 Å². The number of sulfonamides is 1. The summed E-state index contributed by atoms with van der Waals surface area (Å²) in [5, 5.41) is 8.78. The van der Waals surface area contributed by atoms with E-state index >= 15 is 8.78 Å². The smallest absolute Gasteiger partial charge is 0.303 e. The lowest BCUT2D eigenvalue weighted by Gasteiger charge is -2.31. The average molecular weight is 512 g/mol. The summed E-state index contributed by atoms with van der Waals surface area (Å²) >= 11 is 0. The summed E-state index contributed by atoms with van der Waals surface area (Å²) in [4.78, 5) is 14.5. The van der Waals surface area contributed by atoms with Crippen LogP contribution in [0.1, 0.15) is 18.4 Å². The number of hydrogen-bond donors (Lipinski definition) is 4. The number of hydrazine groups is 1. The molecule has 1 aliphatic rings. The molecular formula is C22H20F4N4O4S. The number of nitrogens with two attached hydrogens (primary N) is 1. The molecule has 2 atom stereocenters. The molecule has 13 heteroatoms. The topological polar surface area (TPSA) is 134 Å². The van der Waals surface area contributed by atoms with E-state index in [4.69, 9.17) is 10.9 Å². The van der Waals surface area contributed by atoms with E-state index in [1.165, 1.54) is 36.4 Å². The monoisotopic (exact) mass is 512 g/mol. The third-order valence-electron chi connectivity index (χ3n) is 5.08. The first-order chi connectivity index (χ1) is 16.5. The van der Waals surface area contributed by atoms with Crippen molar-refractivity contribution in [1.82, 2.24) is 5.43 Å². The fourth-order valence-electron chi connectivity index (χ4n) is 3.42. The lowest BCUT2D eigenvalue weighted by atomic mass is 9.81. The van der Waals surface area contributed by atoms with Crippen LogP contribution in [0.15, 0.2) is 81.7 Å². The van der Waals surface area contributed by atoms with Gasteiger partial charge < -0.3 is 10.5 Å². The Morgan fingerprint density at radius 3 is 2.60 bits per heavy atom. The summed E-state index contributed by atoms with van der Waals surface area (Å²) < 4.78 is 87.0. The number of halogens is 4. The summed E-state index contributed by atoms with van der Waals surface area (Å²) in [7, 11) is -4.21. The van der Waals surface area contributed by atoms with E-state index in [1.807, 2.05) is 0 Å². The zero-order valence-corrected chi connectivity index (χ0v) is 18.7. The molecule has 0 fully saturated rings. The van der Waals surface area contributed by atoms with Crippen LogP contribution in [0.3, 0.4) is 0 Å². The number of anilines is 1. The van der Waals surface area contributed by atoms with Crippen molar-refractivity contribution in [3.8, 4) is 0 Å². The van der Waals surface area contributed by atoms with Gasteiger partial charge in [-0.1, -0.05) is 18.2 Å². The minimum absolute atomic E-state index is 0.109. The molecule has 8 nitrogen and oxygen atoms in total. The van der Waals surface area contributed by atoms with Crippen LogP contribution in [0.2, 0.25) is 0 Å². The zero-order valence-electron chi connectivity index (χ0n) is 17.9. The maximum atomic E-state index is 15.8. The predicted molar refractivity (Wildman–Crippen MR) is 121 cm³/mol. The lowest BCUT2D eigenvalue weighted by Crippen LogP contribution is -2.35. The Morgan fingerprint density at radius 1 is 1.20 bits per heavy atom. The molecule has 35 heavy (non-hydrogen) atoms. The fourth-order valence-corrected chi connectivity index (χ4v) is 4.51. The maximum Gasteiger partial charge on any atom is 0.303 e. The molecule has 0 aromatic heterocycles. The van der Waals surface area contributed by atoms with E-state index in [1.54, 1.807) is 0 Å². The molecule has 0 bridgehead atoms. The number of aliphatic imine (C=N–C) groups is 1. The number of allylic oxidation sites excluding steroid dienone is 4. The van der Waals surface area contributed by atoms with E-state index in [2.05, 4.69) is 15.1 Å². The molecule has 2 unspecified atom stereocenters. The van der Waals surface area contributed by atoms with Crippen molar-refractivity contribution in [2.45, 2.75) is 29.6 Å². The molecule has 1 aliphatic carbocycles. The Kier molecular flexibility index (Phi) is 7.60. The molecule has 0 radical (unpaired) electrons. The van der Waals surface area contributed by atoms with Crippen LogP contribution in [0.4, 0.5) is 28.9 Å². The second-order valence-electron chi connectivity index (χ2n) is 7.46. The minimum Gasteiger partial charge on any atom is -0.481 e. The third-order valence-corrected chi connectivity index (χ3v) is 6.46. The molecule has 2 aromatic carbocycles. The summed E-state index contributed by atoms with van der Waals surface area (Å²) in [6, 6.07) is 9.91. The number of carboxylic acid groups (broad SMARTS) is 1. The first-order valence-corrected chi connectivity index (χ1v) is 11.5. The van der Waals surface area contributed by atoms with E-state index in [-0.39, 0.29) is 22.3 Å². The van der Waals surface area contributed by atoms with Gasteiger partial charge in [-0.25, -0.2) is 36.8 Å². The third kappa shape index (κ3) is 5.69. The van der Waals surface area contributed by atoms with Crippen molar-refractivity contribution in [3.63, 3.8) is 0 Å². The van der Waals surface area contributed by atoms with Gasteiger partial charge in [0.1, 0.15) is 6.34 Å². The fraction of sp³-hybridized carbons (Fsp3) is 0.182. The summed E-state index contributed by atoms with van der Waals surface area (Å²) in [6.07, 6.45) is -2.98. The highest BCUT2D eigenvalue weighted by molar-refractivity contribution is 7.92. The normalized spacial score (nSPS) is 20.6. The molecule has 0 saturated heterocycles. The second kappa shape index (κ2) is 10.3. The summed E-state index contributed by atoms with van der Waals surface area (Å²) in [6.45, 7) is 0. The van der Waals surface area contributed by atoms with Crippen molar-refractivity contribution in [1.29, 1.82) is 0 Å². The molecule has 0 saturated carbocycles. The van der Waals surface area contributed by atoms with Crippen molar-refractivity contribution < 1.29 is 35.9 Å². The number of benzene rings is 2. The first kappa shape index (κ1) is 25.9. The number of alkyl halides is 2. The molecular weight excluding hydrogens is 492 g/mol. The van der Waals surface area contributed by atoms with Crippen LogP contribution >= 0.6 is 0 Å². The number of nitrogens with one attached hydrogen (secondary N) is 2. The summed E-state index contributed by atoms with van der Waals surface area (Å²) in [5.41, 5.74) is -2.44. The lowest BCUT2D eigenvalue weighted by molar-refractivity contribution is -0.137. The Morgan fingerprint density at radius 2 is 1.91 bits per heavy atom. The van der Waals surface area contributed by atoms with Gasteiger partial charge in [-0.15, -0.1) is 0 Å². The van der Waals surface area contributed by atoms with Crippen molar-refractivity contribution in [2.24, 2.45) is 10.8 Å². The Balaban J connectivity index is 1.93. The van der Waals surface area contributed by atoms with Crippen LogP contribution in [0.25, 0.3) is 0 Å². The van der Waals surface area contributed by atoms with Gasteiger partial charge in [0.05, 0.1) is 10.6 Å². The SMILES string of the molecule is NNC=Nc1cccc(S(=O)(=O)Nc2cccc(C3(F)C=C(F)C(F)=C(CCC(=O)O)C3F)c2)c1. The Labute approximate surface area is 197 Å². The van der Waals surface area contributed by atoms with Crippen LogP contribution in [-0.2, 0) is 20.5 Å². The number of aliphatic carboxylic acids is 1. The van der Waals surface area contributed by atoms with Gasteiger partial charge in [0.25, 0.3) is 10.0 Å². The predicted octanol–water partition coefficient (Wildman–Crippen LogP) is 4.07. The maximum absolute atomic E-state index is 15.8. The Hall–Kier alpha value is -3.71. The average Bonchev–Trinajstić information content (AvgIpc) is 2.81. The van der Waals surface area contributed by atoms with Crippen molar-refractivity contribution >= 4 is 33.7 Å². The molecule has 3 rings (SSSR count). The molecule has 0 aliphatic heterocycles. The van der Waals surface area contributed by atoms with Gasteiger partial charge in [-0.2, -0.15) is 0 Å². The van der Waals surface area contributed by atoms with E-state index < -0.39 is 63.5 Å². The quantitative estimate of drug-likeness (QED) is 0.132. The van der Waals surface area contributed by atoms with Gasteiger partial charge in [0.2, 0.25) is 0 Å². The largest absolute Gasteiger partial charge is 0.481 e. The molecule has 186 valence electrons. The van der Waals surface area contributed by atoms with E-state index in [9.17, 15) is 22.0 Å². The van der Waals surface area contributed by atoms with Crippen LogP contribution < -0.4 is 16.0 Å². The van der Waals surface area contributed by atoms with E-state index in [0.717, 1.165) is 18.5 Å². The molecule has 2 aromatic rings. The highest BCUT2D eigenvalue weighted by Gasteiger charge is 2.47. The van der Waals surface area contributed by atoms with Crippen LogP contribution in [0, 0.1) is 0 Å². The van der Waals surface area contributed by atoms with Gasteiger partial charge in [-0.3, -0.25) is 9.52 Å². The first-order valence-electron chi connectivity index (χ1n) is 10.0. The molecule has 5 N–H and O–H groups in total. The van der Waals surface area contributed by atoms with E-state index in [0.29, 0.717) is 0 Å². The number of nitrogens with zero attached hydrogens (tertiary/aromatic N) is 1. The second-order valence-corrected chi connectivity index (χ2v) is 9.15. The highest BCUT2D eigenvalue weighted by atomic mass is 32.2. The van der Waals surface area contributed by atoms with Gasteiger partial charge in [0, 0.05) is 17.7 Å². The number of rotatable bonds is 9. The highest BCUT2D eigenvalue weighted by Crippen LogP contribution is 2.46. The zero-order chi connectivity index (χ0) is 25.8. The van der Waals surface area contributed by atoms with Crippen molar-refractivity contribution in [3.05, 3.63) is 77.4 Å². The van der Waals surface area contributed by atoms with Crippen LogP contribution in [0.5, 0.6) is 0 Å². The molecule has 0 heterocycles. The number of carboxylic acids is 1. The number of hydrogen-bond acceptors (Lipinski definition) is 5. The Bertz CT molecular complexity index is 1330. The summed E-state index contributed by atoms with van der Waals surface area (Å²) in [5.74, 6) is 0.349. The number of carbonyl (C=O) groups is 1. The van der Waals surface area contributed by atoms with Crippen LogP contribution in [-0.4, -0.2) is 32.0 Å². The van der Waals surface area contributed by atoms with Gasteiger partial charge >= 0.3 is 5.97 Å². The minimum atomic E-state index is -4.21.